The Bertz CT molecular complexity index is 634. The molecule has 3 rings (SSSR count). The summed E-state index contributed by atoms with van der Waals surface area (Å²) in [4.78, 5) is 28.3. The molecule has 1 aromatic rings. The van der Waals surface area contributed by atoms with Crippen LogP contribution in [0, 0.1) is 5.82 Å². The van der Waals surface area contributed by atoms with E-state index < -0.39 is 0 Å². The molecule has 0 N–H and O–H groups in total. The van der Waals surface area contributed by atoms with Crippen LogP contribution in [0.3, 0.4) is 0 Å². The standard InChI is InChI=1S/C19H25FN2O2/c1-19(13-15-6-4-7-16(20)12-15)9-5-11-22(19)18(24)14-21-10-3-2-8-17(21)23/h4,6-7,12H,2-3,5,8-11,13-14H2,1H3. The van der Waals surface area contributed by atoms with Crippen molar-refractivity contribution in [3.63, 3.8) is 0 Å². The Labute approximate surface area is 142 Å². The lowest BCUT2D eigenvalue weighted by molar-refractivity contribution is -0.144. The molecule has 0 bridgehead atoms. The van der Waals surface area contributed by atoms with Crippen molar-refractivity contribution in [2.45, 2.75) is 51.0 Å². The van der Waals surface area contributed by atoms with Gasteiger partial charge in [-0.3, -0.25) is 9.59 Å². The van der Waals surface area contributed by atoms with Crippen molar-refractivity contribution in [3.05, 3.63) is 35.6 Å². The summed E-state index contributed by atoms with van der Waals surface area (Å²) in [6.45, 7) is 3.64. The highest BCUT2D eigenvalue weighted by molar-refractivity contribution is 5.85. The second-order valence-corrected chi connectivity index (χ2v) is 7.22. The SMILES string of the molecule is CC1(Cc2cccc(F)c2)CCCN1C(=O)CN1CCCCC1=O. The summed E-state index contributed by atoms with van der Waals surface area (Å²) < 4.78 is 13.4. The number of hydrogen-bond donors (Lipinski definition) is 0. The van der Waals surface area contributed by atoms with Gasteiger partial charge in [0.25, 0.3) is 0 Å². The van der Waals surface area contributed by atoms with E-state index >= 15 is 0 Å². The van der Waals surface area contributed by atoms with Gasteiger partial charge in [-0.15, -0.1) is 0 Å². The van der Waals surface area contributed by atoms with E-state index in [2.05, 4.69) is 6.92 Å². The summed E-state index contributed by atoms with van der Waals surface area (Å²) in [6.07, 6.45) is 4.94. The molecule has 0 spiro atoms. The van der Waals surface area contributed by atoms with Gasteiger partial charge in [0, 0.05) is 25.0 Å². The minimum absolute atomic E-state index is 0.0154. The Morgan fingerprint density at radius 2 is 2.08 bits per heavy atom. The molecule has 2 saturated heterocycles. The van der Waals surface area contributed by atoms with Crippen molar-refractivity contribution in [1.82, 2.24) is 9.80 Å². The van der Waals surface area contributed by atoms with Gasteiger partial charge in [0.05, 0.1) is 6.54 Å². The molecule has 2 heterocycles. The molecular formula is C19H25FN2O2. The Balaban J connectivity index is 1.69. The minimum Gasteiger partial charge on any atom is -0.335 e. The van der Waals surface area contributed by atoms with Crippen LogP contribution in [0.5, 0.6) is 0 Å². The van der Waals surface area contributed by atoms with Crippen LogP contribution < -0.4 is 0 Å². The molecule has 1 atom stereocenters. The first-order chi connectivity index (χ1) is 11.5. The summed E-state index contributed by atoms with van der Waals surface area (Å²) in [5.74, 6) is -0.145. The lowest BCUT2D eigenvalue weighted by Gasteiger charge is -2.37. The number of piperidine rings is 1. The average molecular weight is 332 g/mol. The van der Waals surface area contributed by atoms with Crippen molar-refractivity contribution >= 4 is 11.8 Å². The van der Waals surface area contributed by atoms with Gasteiger partial charge in [-0.2, -0.15) is 0 Å². The van der Waals surface area contributed by atoms with Crippen LogP contribution in [0.2, 0.25) is 0 Å². The van der Waals surface area contributed by atoms with E-state index in [9.17, 15) is 14.0 Å². The van der Waals surface area contributed by atoms with Gasteiger partial charge in [-0.25, -0.2) is 4.39 Å². The maximum absolute atomic E-state index is 13.4. The molecule has 24 heavy (non-hydrogen) atoms. The van der Waals surface area contributed by atoms with Gasteiger partial charge in [-0.1, -0.05) is 12.1 Å². The van der Waals surface area contributed by atoms with Crippen molar-refractivity contribution in [1.29, 1.82) is 0 Å². The zero-order valence-electron chi connectivity index (χ0n) is 14.3. The maximum atomic E-state index is 13.4. The van der Waals surface area contributed by atoms with Crippen LogP contribution >= 0.6 is 0 Å². The normalized spacial score (nSPS) is 24.5. The van der Waals surface area contributed by atoms with Crippen LogP contribution in [0.4, 0.5) is 4.39 Å². The van der Waals surface area contributed by atoms with Crippen molar-refractivity contribution < 1.29 is 14.0 Å². The molecule has 2 aliphatic rings. The largest absolute Gasteiger partial charge is 0.335 e. The fraction of sp³-hybridized carbons (Fsp3) is 0.579. The topological polar surface area (TPSA) is 40.6 Å². The second-order valence-electron chi connectivity index (χ2n) is 7.22. The molecule has 5 heteroatoms. The van der Waals surface area contributed by atoms with Gasteiger partial charge in [0.2, 0.25) is 11.8 Å². The molecule has 1 unspecified atom stereocenters. The second kappa shape index (κ2) is 6.91. The van der Waals surface area contributed by atoms with E-state index in [4.69, 9.17) is 0 Å². The summed E-state index contributed by atoms with van der Waals surface area (Å²) >= 11 is 0. The third-order valence-electron chi connectivity index (χ3n) is 5.27. The van der Waals surface area contributed by atoms with E-state index in [0.717, 1.165) is 31.2 Å². The Morgan fingerprint density at radius 1 is 1.25 bits per heavy atom. The molecule has 2 amide bonds. The predicted octanol–water partition coefficient (Wildman–Crippen LogP) is 2.76. The van der Waals surface area contributed by atoms with Gasteiger partial charge < -0.3 is 9.80 Å². The number of benzene rings is 1. The lowest BCUT2D eigenvalue weighted by atomic mass is 9.90. The highest BCUT2D eigenvalue weighted by Gasteiger charge is 2.40. The number of amides is 2. The Hall–Kier alpha value is -1.91. The third kappa shape index (κ3) is 3.60. The smallest absolute Gasteiger partial charge is 0.242 e. The van der Waals surface area contributed by atoms with E-state index in [1.54, 1.807) is 17.0 Å². The fourth-order valence-electron chi connectivity index (χ4n) is 4.00. The van der Waals surface area contributed by atoms with Crippen molar-refractivity contribution in [2.24, 2.45) is 0 Å². The molecule has 0 saturated carbocycles. The van der Waals surface area contributed by atoms with Crippen LogP contribution in [-0.2, 0) is 16.0 Å². The lowest BCUT2D eigenvalue weighted by Crippen LogP contribution is -2.51. The number of carbonyl (C=O) groups is 2. The molecule has 0 aliphatic carbocycles. The number of nitrogens with zero attached hydrogens (tertiary/aromatic N) is 2. The van der Waals surface area contributed by atoms with Crippen LogP contribution in [-0.4, -0.2) is 46.8 Å². The average Bonchev–Trinajstić information content (AvgIpc) is 2.91. The molecule has 130 valence electrons. The summed E-state index contributed by atoms with van der Waals surface area (Å²) in [5.41, 5.74) is 0.607. The van der Waals surface area contributed by atoms with Gasteiger partial charge in [-0.05, 0) is 56.7 Å². The molecule has 2 aliphatic heterocycles. The highest BCUT2D eigenvalue weighted by Crippen LogP contribution is 2.33. The molecule has 4 nitrogen and oxygen atoms in total. The van der Waals surface area contributed by atoms with Crippen LogP contribution in [0.25, 0.3) is 0 Å². The van der Waals surface area contributed by atoms with Gasteiger partial charge in [0.1, 0.15) is 5.82 Å². The Kier molecular flexibility index (Phi) is 4.88. The summed E-state index contributed by atoms with van der Waals surface area (Å²) in [7, 11) is 0. The number of halogens is 1. The number of carbonyl (C=O) groups excluding carboxylic acids is 2. The molecular weight excluding hydrogens is 307 g/mol. The number of likely N-dealkylation sites (tertiary alicyclic amines) is 2. The fourth-order valence-corrected chi connectivity index (χ4v) is 4.00. The van der Waals surface area contributed by atoms with E-state index in [1.807, 2.05) is 11.0 Å². The Morgan fingerprint density at radius 3 is 2.83 bits per heavy atom. The van der Waals surface area contributed by atoms with E-state index in [0.29, 0.717) is 25.9 Å². The first-order valence-electron chi connectivity index (χ1n) is 8.81. The van der Waals surface area contributed by atoms with E-state index in [1.165, 1.54) is 6.07 Å². The zero-order valence-corrected chi connectivity index (χ0v) is 14.3. The number of hydrogen-bond acceptors (Lipinski definition) is 2. The highest BCUT2D eigenvalue weighted by atomic mass is 19.1. The molecule has 0 radical (unpaired) electrons. The monoisotopic (exact) mass is 332 g/mol. The van der Waals surface area contributed by atoms with Gasteiger partial charge in [0.15, 0.2) is 0 Å². The zero-order chi connectivity index (χ0) is 17.2. The molecule has 2 fully saturated rings. The van der Waals surface area contributed by atoms with Crippen molar-refractivity contribution in [3.8, 4) is 0 Å². The molecule has 1 aromatic carbocycles. The van der Waals surface area contributed by atoms with Gasteiger partial charge >= 0.3 is 0 Å². The van der Waals surface area contributed by atoms with E-state index in [-0.39, 0.29) is 29.7 Å². The number of rotatable bonds is 4. The summed E-state index contributed by atoms with van der Waals surface area (Å²) in [6, 6.07) is 6.59. The first-order valence-corrected chi connectivity index (χ1v) is 8.81. The predicted molar refractivity (Wildman–Crippen MR) is 89.9 cm³/mol. The first kappa shape index (κ1) is 16.9. The van der Waals surface area contributed by atoms with Crippen molar-refractivity contribution in [2.75, 3.05) is 19.6 Å². The molecule has 0 aromatic heterocycles. The third-order valence-corrected chi connectivity index (χ3v) is 5.27. The van der Waals surface area contributed by atoms with Crippen LogP contribution in [0.15, 0.2) is 24.3 Å². The minimum atomic E-state index is -0.302. The summed E-state index contributed by atoms with van der Waals surface area (Å²) in [5, 5.41) is 0. The van der Waals surface area contributed by atoms with Crippen LogP contribution in [0.1, 0.15) is 44.6 Å². The quantitative estimate of drug-likeness (QED) is 0.851. The maximum Gasteiger partial charge on any atom is 0.242 e.